The number of hydrogen-bond acceptors (Lipinski definition) is 5. The van der Waals surface area contributed by atoms with Gasteiger partial charge in [0, 0.05) is 24.1 Å². The Hall–Kier alpha value is -0.490. The minimum absolute atomic E-state index is 0.527. The molecule has 3 rings (SSSR count). The van der Waals surface area contributed by atoms with Gasteiger partial charge in [-0.3, -0.25) is 4.90 Å². The van der Waals surface area contributed by atoms with Crippen LogP contribution < -0.4 is 0 Å². The zero-order valence-electron chi connectivity index (χ0n) is 9.17. The molecule has 1 atom stereocenters. The summed E-state index contributed by atoms with van der Waals surface area (Å²) in [6.07, 6.45) is 2.47. The van der Waals surface area contributed by atoms with Crippen molar-refractivity contribution in [1.29, 1.82) is 0 Å². The fourth-order valence-electron chi connectivity index (χ4n) is 2.34. The first-order chi connectivity index (χ1) is 8.34. The van der Waals surface area contributed by atoms with Crippen LogP contribution >= 0.6 is 34.5 Å². The standard InChI is InChI=1S/C11H12ClN3S2/c12-11-9(13-14-17-11)6-15-4-1-2-10(15)8-3-5-16-7-8/h3,5,7,10H,1-2,4,6H2/t10-/m0/s1. The van der Waals surface area contributed by atoms with Crippen LogP contribution in [0, 0.1) is 0 Å². The molecule has 3 heterocycles. The SMILES string of the molecule is Clc1snnc1CN1CCC[C@H]1c1ccsc1. The molecule has 0 bridgehead atoms. The van der Waals surface area contributed by atoms with Crippen molar-refractivity contribution in [3.8, 4) is 0 Å². The van der Waals surface area contributed by atoms with E-state index >= 15 is 0 Å². The lowest BCUT2D eigenvalue weighted by Crippen LogP contribution is -2.22. The van der Waals surface area contributed by atoms with E-state index < -0.39 is 0 Å². The summed E-state index contributed by atoms with van der Waals surface area (Å²) in [4.78, 5) is 2.45. The smallest absolute Gasteiger partial charge is 0.138 e. The largest absolute Gasteiger partial charge is 0.290 e. The van der Waals surface area contributed by atoms with Crippen LogP contribution in [0.2, 0.25) is 4.34 Å². The fraction of sp³-hybridized carbons (Fsp3) is 0.455. The van der Waals surface area contributed by atoms with Crippen molar-refractivity contribution in [1.82, 2.24) is 14.5 Å². The summed E-state index contributed by atoms with van der Waals surface area (Å²) in [6, 6.07) is 2.74. The number of halogens is 1. The maximum absolute atomic E-state index is 6.06. The predicted octanol–water partition coefficient (Wildman–Crippen LogP) is 3.59. The van der Waals surface area contributed by atoms with E-state index in [2.05, 4.69) is 31.3 Å². The molecule has 2 aromatic rings. The van der Waals surface area contributed by atoms with Gasteiger partial charge in [0.1, 0.15) is 10.0 Å². The first-order valence-corrected chi connectivity index (χ1v) is 7.67. The van der Waals surface area contributed by atoms with E-state index in [0.717, 1.165) is 23.1 Å². The molecule has 1 aliphatic heterocycles. The molecule has 2 aromatic heterocycles. The van der Waals surface area contributed by atoms with Crippen molar-refractivity contribution < 1.29 is 0 Å². The zero-order chi connectivity index (χ0) is 11.7. The molecule has 0 spiro atoms. The normalized spacial score (nSPS) is 21.1. The van der Waals surface area contributed by atoms with Crippen LogP contribution in [-0.4, -0.2) is 21.0 Å². The molecule has 17 heavy (non-hydrogen) atoms. The molecule has 0 amide bonds. The Morgan fingerprint density at radius 1 is 1.53 bits per heavy atom. The highest BCUT2D eigenvalue weighted by Gasteiger charge is 2.27. The van der Waals surface area contributed by atoms with Gasteiger partial charge >= 0.3 is 0 Å². The minimum Gasteiger partial charge on any atom is -0.290 e. The van der Waals surface area contributed by atoms with Gasteiger partial charge < -0.3 is 0 Å². The number of thiophene rings is 1. The Bertz CT molecular complexity index is 483. The van der Waals surface area contributed by atoms with Crippen molar-refractivity contribution in [2.45, 2.75) is 25.4 Å². The van der Waals surface area contributed by atoms with Gasteiger partial charge in [-0.15, -0.1) is 5.10 Å². The number of nitrogens with zero attached hydrogens (tertiary/aromatic N) is 3. The quantitative estimate of drug-likeness (QED) is 0.863. The summed E-state index contributed by atoms with van der Waals surface area (Å²) < 4.78 is 4.61. The summed E-state index contributed by atoms with van der Waals surface area (Å²) >= 11 is 9.09. The van der Waals surface area contributed by atoms with Crippen LogP contribution in [0.5, 0.6) is 0 Å². The third-order valence-corrected chi connectivity index (χ3v) is 4.84. The van der Waals surface area contributed by atoms with Gasteiger partial charge in [-0.05, 0) is 41.8 Å². The van der Waals surface area contributed by atoms with Gasteiger partial charge in [0.05, 0.1) is 0 Å². The second kappa shape index (κ2) is 5.02. The van der Waals surface area contributed by atoms with Gasteiger partial charge in [-0.2, -0.15) is 11.3 Å². The number of likely N-dealkylation sites (tertiary alicyclic amines) is 1. The molecular formula is C11H12ClN3S2. The average Bonchev–Trinajstić information content (AvgIpc) is 3.02. The van der Waals surface area contributed by atoms with Gasteiger partial charge in [0.25, 0.3) is 0 Å². The summed E-state index contributed by atoms with van der Waals surface area (Å²) in [5, 5.41) is 8.47. The molecule has 90 valence electrons. The lowest BCUT2D eigenvalue weighted by molar-refractivity contribution is 0.246. The Morgan fingerprint density at radius 3 is 3.18 bits per heavy atom. The molecule has 0 aromatic carbocycles. The molecule has 0 radical (unpaired) electrons. The van der Waals surface area contributed by atoms with E-state index in [1.54, 1.807) is 11.3 Å². The lowest BCUT2D eigenvalue weighted by Gasteiger charge is -2.22. The van der Waals surface area contributed by atoms with Crippen molar-refractivity contribution in [3.63, 3.8) is 0 Å². The fourth-order valence-corrected chi connectivity index (χ4v) is 3.66. The second-order valence-corrected chi connectivity index (χ2v) is 6.31. The number of rotatable bonds is 3. The molecule has 0 saturated carbocycles. The van der Waals surface area contributed by atoms with Crippen LogP contribution in [0.15, 0.2) is 16.8 Å². The minimum atomic E-state index is 0.527. The van der Waals surface area contributed by atoms with E-state index in [1.165, 1.54) is 29.9 Å². The molecule has 1 aliphatic rings. The zero-order valence-corrected chi connectivity index (χ0v) is 11.6. The average molecular weight is 286 g/mol. The third kappa shape index (κ3) is 2.38. The topological polar surface area (TPSA) is 29.0 Å². The number of aromatic nitrogens is 2. The van der Waals surface area contributed by atoms with Gasteiger partial charge in [-0.25, -0.2) is 0 Å². The molecule has 0 N–H and O–H groups in total. The predicted molar refractivity (Wildman–Crippen MR) is 71.6 cm³/mol. The highest BCUT2D eigenvalue weighted by Crippen LogP contribution is 2.34. The van der Waals surface area contributed by atoms with Gasteiger partial charge in [-0.1, -0.05) is 16.1 Å². The van der Waals surface area contributed by atoms with E-state index in [4.69, 9.17) is 11.6 Å². The summed E-state index contributed by atoms with van der Waals surface area (Å²) in [6.45, 7) is 1.93. The molecule has 0 aliphatic carbocycles. The maximum Gasteiger partial charge on any atom is 0.138 e. The Morgan fingerprint density at radius 2 is 2.47 bits per heavy atom. The van der Waals surface area contributed by atoms with Crippen LogP contribution in [0.1, 0.15) is 30.1 Å². The summed E-state index contributed by atoms with van der Waals surface area (Å²) in [5.74, 6) is 0. The monoisotopic (exact) mass is 285 g/mol. The van der Waals surface area contributed by atoms with Crippen molar-refractivity contribution >= 4 is 34.5 Å². The van der Waals surface area contributed by atoms with Crippen LogP contribution in [0.3, 0.4) is 0 Å². The van der Waals surface area contributed by atoms with Crippen LogP contribution in [-0.2, 0) is 6.54 Å². The second-order valence-electron chi connectivity index (χ2n) is 4.18. The van der Waals surface area contributed by atoms with Crippen LogP contribution in [0.25, 0.3) is 0 Å². The molecule has 1 saturated heterocycles. The third-order valence-electron chi connectivity index (χ3n) is 3.15. The Labute approximate surface area is 113 Å². The number of hydrogen-bond donors (Lipinski definition) is 0. The molecular weight excluding hydrogens is 274 g/mol. The summed E-state index contributed by atoms with van der Waals surface area (Å²) in [7, 11) is 0. The van der Waals surface area contributed by atoms with E-state index in [0.29, 0.717) is 6.04 Å². The van der Waals surface area contributed by atoms with Crippen molar-refractivity contribution in [3.05, 3.63) is 32.4 Å². The lowest BCUT2D eigenvalue weighted by atomic mass is 10.1. The van der Waals surface area contributed by atoms with E-state index in [9.17, 15) is 0 Å². The highest BCUT2D eigenvalue weighted by atomic mass is 35.5. The Balaban J connectivity index is 1.77. The highest BCUT2D eigenvalue weighted by molar-refractivity contribution is 7.10. The van der Waals surface area contributed by atoms with Crippen molar-refractivity contribution in [2.24, 2.45) is 0 Å². The summed E-state index contributed by atoms with van der Waals surface area (Å²) in [5.41, 5.74) is 2.34. The molecule has 3 nitrogen and oxygen atoms in total. The maximum atomic E-state index is 6.06. The van der Waals surface area contributed by atoms with Crippen LogP contribution in [0.4, 0.5) is 0 Å². The molecule has 1 fully saturated rings. The first-order valence-electron chi connectivity index (χ1n) is 5.57. The van der Waals surface area contributed by atoms with E-state index in [-0.39, 0.29) is 0 Å². The van der Waals surface area contributed by atoms with E-state index in [1.807, 2.05) is 0 Å². The van der Waals surface area contributed by atoms with Gasteiger partial charge in [0.2, 0.25) is 0 Å². The Kier molecular flexibility index (Phi) is 3.42. The molecule has 6 heteroatoms. The first kappa shape index (κ1) is 11.6. The van der Waals surface area contributed by atoms with Crippen molar-refractivity contribution in [2.75, 3.05) is 6.54 Å². The molecule has 0 unspecified atom stereocenters. The van der Waals surface area contributed by atoms with Gasteiger partial charge in [0.15, 0.2) is 0 Å².